The van der Waals surface area contributed by atoms with Crippen molar-refractivity contribution in [2.24, 2.45) is 0 Å². The molecule has 0 aliphatic heterocycles. The minimum Gasteiger partial charge on any atom is -0.383 e. The van der Waals surface area contributed by atoms with Crippen molar-refractivity contribution >= 4 is 28.5 Å². The van der Waals surface area contributed by atoms with E-state index in [0.29, 0.717) is 28.1 Å². The normalized spacial score (nSPS) is 11.1. The molecule has 0 radical (unpaired) electrons. The van der Waals surface area contributed by atoms with Gasteiger partial charge in [-0.3, -0.25) is 0 Å². The highest BCUT2D eigenvalue weighted by Gasteiger charge is 2.18. The number of nitrogens with two attached hydrogens (primary N) is 1. The van der Waals surface area contributed by atoms with Crippen molar-refractivity contribution in [2.75, 3.05) is 5.73 Å². The third kappa shape index (κ3) is 2.26. The SMILES string of the molecule is Nc1ncncc1-c1ccnc2c1c(Cl)nn2-c1ccc(F)cc1. The van der Waals surface area contributed by atoms with Crippen molar-refractivity contribution in [1.29, 1.82) is 0 Å². The summed E-state index contributed by atoms with van der Waals surface area (Å²) in [5, 5.41) is 5.22. The topological polar surface area (TPSA) is 82.5 Å². The van der Waals surface area contributed by atoms with Gasteiger partial charge in [-0.1, -0.05) is 11.6 Å². The highest BCUT2D eigenvalue weighted by molar-refractivity contribution is 6.35. The Hall–Kier alpha value is -3.06. The van der Waals surface area contributed by atoms with Crippen molar-refractivity contribution < 1.29 is 4.39 Å². The van der Waals surface area contributed by atoms with Crippen LogP contribution in [-0.2, 0) is 0 Å². The van der Waals surface area contributed by atoms with E-state index < -0.39 is 0 Å². The molecular formula is C16H10ClFN6. The molecule has 0 aliphatic rings. The maximum Gasteiger partial charge on any atom is 0.165 e. The fourth-order valence-corrected chi connectivity index (χ4v) is 2.80. The summed E-state index contributed by atoms with van der Waals surface area (Å²) in [6.07, 6.45) is 4.62. The molecule has 0 bridgehead atoms. The molecule has 1 aromatic carbocycles. The predicted molar refractivity (Wildman–Crippen MR) is 89.3 cm³/mol. The Morgan fingerprint density at radius 2 is 1.83 bits per heavy atom. The molecule has 8 heteroatoms. The zero-order chi connectivity index (χ0) is 16.7. The molecule has 0 saturated carbocycles. The Morgan fingerprint density at radius 1 is 1.04 bits per heavy atom. The Morgan fingerprint density at radius 3 is 2.58 bits per heavy atom. The number of nitrogens with zero attached hydrogens (tertiary/aromatic N) is 5. The highest BCUT2D eigenvalue weighted by atomic mass is 35.5. The van der Waals surface area contributed by atoms with Crippen LogP contribution >= 0.6 is 11.6 Å². The van der Waals surface area contributed by atoms with Gasteiger partial charge in [-0.2, -0.15) is 5.10 Å². The third-order valence-electron chi connectivity index (χ3n) is 3.63. The molecule has 24 heavy (non-hydrogen) atoms. The monoisotopic (exact) mass is 340 g/mol. The van der Waals surface area contributed by atoms with E-state index in [1.165, 1.54) is 18.5 Å². The number of nitrogen functional groups attached to an aromatic ring is 1. The van der Waals surface area contributed by atoms with Crippen LogP contribution < -0.4 is 5.73 Å². The largest absolute Gasteiger partial charge is 0.383 e. The number of fused-ring (bicyclic) bond motifs is 1. The Balaban J connectivity index is 2.00. The summed E-state index contributed by atoms with van der Waals surface area (Å²) in [4.78, 5) is 12.4. The van der Waals surface area contributed by atoms with Gasteiger partial charge in [0.1, 0.15) is 18.0 Å². The first kappa shape index (κ1) is 14.5. The van der Waals surface area contributed by atoms with Gasteiger partial charge in [0.2, 0.25) is 0 Å². The van der Waals surface area contributed by atoms with Crippen LogP contribution in [0.1, 0.15) is 0 Å². The summed E-state index contributed by atoms with van der Waals surface area (Å²) < 4.78 is 14.7. The quantitative estimate of drug-likeness (QED) is 0.605. The molecule has 0 spiro atoms. The van der Waals surface area contributed by atoms with Gasteiger partial charge >= 0.3 is 0 Å². The van der Waals surface area contributed by atoms with Crippen molar-refractivity contribution in [2.45, 2.75) is 0 Å². The van der Waals surface area contributed by atoms with Crippen molar-refractivity contribution in [3.05, 3.63) is 60.0 Å². The minimum atomic E-state index is -0.329. The third-order valence-corrected chi connectivity index (χ3v) is 3.89. The van der Waals surface area contributed by atoms with Crippen molar-refractivity contribution in [1.82, 2.24) is 24.7 Å². The lowest BCUT2D eigenvalue weighted by Crippen LogP contribution is -1.98. The van der Waals surface area contributed by atoms with Crippen LogP contribution in [0.3, 0.4) is 0 Å². The zero-order valence-corrected chi connectivity index (χ0v) is 12.9. The van der Waals surface area contributed by atoms with E-state index in [1.807, 2.05) is 0 Å². The first-order valence-corrected chi connectivity index (χ1v) is 7.38. The summed E-state index contributed by atoms with van der Waals surface area (Å²) in [5.41, 5.74) is 8.50. The van der Waals surface area contributed by atoms with Gasteiger partial charge in [-0.25, -0.2) is 24.0 Å². The smallest absolute Gasteiger partial charge is 0.165 e. The number of hydrogen-bond acceptors (Lipinski definition) is 5. The molecule has 0 aliphatic carbocycles. The zero-order valence-electron chi connectivity index (χ0n) is 12.2. The Bertz CT molecular complexity index is 1040. The molecule has 0 unspecified atom stereocenters. The van der Waals surface area contributed by atoms with Gasteiger partial charge in [-0.05, 0) is 30.3 Å². The Kier molecular flexibility index (Phi) is 3.35. The molecule has 3 aromatic heterocycles. The van der Waals surface area contributed by atoms with Crippen LogP contribution in [-0.4, -0.2) is 24.7 Å². The predicted octanol–water partition coefficient (Wildman–Crippen LogP) is 3.25. The van der Waals surface area contributed by atoms with Crippen LogP contribution in [0.5, 0.6) is 0 Å². The van der Waals surface area contributed by atoms with E-state index in [1.54, 1.807) is 35.3 Å². The Labute approximate surface area is 140 Å². The van der Waals surface area contributed by atoms with Crippen LogP contribution in [0.15, 0.2) is 49.1 Å². The summed E-state index contributed by atoms with van der Waals surface area (Å²) in [5.74, 6) is 0.00673. The number of anilines is 1. The second-order valence-electron chi connectivity index (χ2n) is 5.06. The molecule has 6 nitrogen and oxygen atoms in total. The highest BCUT2D eigenvalue weighted by Crippen LogP contribution is 2.35. The molecule has 0 amide bonds. The number of hydrogen-bond donors (Lipinski definition) is 1. The molecule has 118 valence electrons. The van der Waals surface area contributed by atoms with E-state index in [-0.39, 0.29) is 11.0 Å². The van der Waals surface area contributed by atoms with Gasteiger partial charge in [0.05, 0.1) is 11.1 Å². The maximum absolute atomic E-state index is 13.2. The summed E-state index contributed by atoms with van der Waals surface area (Å²) in [7, 11) is 0. The van der Waals surface area contributed by atoms with Crippen molar-refractivity contribution in [3.8, 4) is 16.8 Å². The van der Waals surface area contributed by atoms with Gasteiger partial charge in [0.25, 0.3) is 0 Å². The summed E-state index contributed by atoms with van der Waals surface area (Å²) in [6, 6.07) is 7.69. The average molecular weight is 341 g/mol. The molecular weight excluding hydrogens is 331 g/mol. The second kappa shape index (κ2) is 5.54. The lowest BCUT2D eigenvalue weighted by Gasteiger charge is -2.06. The van der Waals surface area contributed by atoms with Crippen LogP contribution in [0.2, 0.25) is 5.15 Å². The first-order valence-electron chi connectivity index (χ1n) is 7.00. The van der Waals surface area contributed by atoms with Gasteiger partial charge in [-0.15, -0.1) is 0 Å². The summed E-state index contributed by atoms with van der Waals surface area (Å²) >= 11 is 6.34. The molecule has 4 aromatic rings. The fourth-order valence-electron chi connectivity index (χ4n) is 2.53. The fraction of sp³-hybridized carbons (Fsp3) is 0. The molecule has 4 rings (SSSR count). The molecule has 0 atom stereocenters. The lowest BCUT2D eigenvalue weighted by molar-refractivity contribution is 0.627. The van der Waals surface area contributed by atoms with E-state index in [9.17, 15) is 4.39 Å². The summed E-state index contributed by atoms with van der Waals surface area (Å²) in [6.45, 7) is 0. The van der Waals surface area contributed by atoms with E-state index in [2.05, 4.69) is 20.1 Å². The van der Waals surface area contributed by atoms with Gasteiger partial charge in [0.15, 0.2) is 10.8 Å². The van der Waals surface area contributed by atoms with Crippen LogP contribution in [0.4, 0.5) is 10.2 Å². The average Bonchev–Trinajstić information content (AvgIpc) is 2.93. The molecule has 2 N–H and O–H groups in total. The molecule has 3 heterocycles. The number of benzene rings is 1. The lowest BCUT2D eigenvalue weighted by atomic mass is 10.1. The maximum atomic E-state index is 13.2. The van der Waals surface area contributed by atoms with Gasteiger partial charge in [0, 0.05) is 23.5 Å². The molecule has 0 fully saturated rings. The second-order valence-corrected chi connectivity index (χ2v) is 5.42. The van der Waals surface area contributed by atoms with Crippen molar-refractivity contribution in [3.63, 3.8) is 0 Å². The standard InChI is InChI=1S/C16H10ClFN6/c17-14-13-11(12-7-20-8-22-15(12)19)5-6-21-16(13)24(23-14)10-3-1-9(18)2-4-10/h1-8H,(H2,19,20,22). The van der Waals surface area contributed by atoms with Crippen LogP contribution in [0, 0.1) is 5.82 Å². The minimum absolute atomic E-state index is 0.265. The number of halogens is 2. The molecule has 0 saturated heterocycles. The number of pyridine rings is 1. The number of rotatable bonds is 2. The van der Waals surface area contributed by atoms with Crippen LogP contribution in [0.25, 0.3) is 27.8 Å². The van der Waals surface area contributed by atoms with Gasteiger partial charge < -0.3 is 5.73 Å². The van der Waals surface area contributed by atoms with E-state index >= 15 is 0 Å². The van der Waals surface area contributed by atoms with E-state index in [4.69, 9.17) is 17.3 Å². The number of aromatic nitrogens is 5. The van der Waals surface area contributed by atoms with E-state index in [0.717, 1.165) is 5.56 Å². The first-order chi connectivity index (χ1) is 11.6.